The van der Waals surface area contributed by atoms with Crippen LogP contribution in [0.5, 0.6) is 0 Å². The van der Waals surface area contributed by atoms with Crippen LogP contribution in [0.15, 0.2) is 36.4 Å². The summed E-state index contributed by atoms with van der Waals surface area (Å²) in [6.07, 6.45) is 0.847. The second-order valence-corrected chi connectivity index (χ2v) is 5.49. The first kappa shape index (κ1) is 13.4. The summed E-state index contributed by atoms with van der Waals surface area (Å²) in [6, 6.07) is 11.0. The van der Waals surface area contributed by atoms with E-state index in [0.29, 0.717) is 29.0 Å². The summed E-state index contributed by atoms with van der Waals surface area (Å²) in [7, 11) is 0. The topological polar surface area (TPSA) is 33.2 Å². The van der Waals surface area contributed by atoms with Crippen molar-refractivity contribution in [3.63, 3.8) is 0 Å². The zero-order chi connectivity index (χ0) is 14.1. The molecule has 0 saturated carbocycles. The Bertz CT molecular complexity index is 673. The van der Waals surface area contributed by atoms with E-state index in [4.69, 9.17) is 23.2 Å². The first-order valence-corrected chi connectivity index (χ1v) is 7.09. The van der Waals surface area contributed by atoms with Crippen molar-refractivity contribution in [3.05, 3.63) is 63.4 Å². The third-order valence-electron chi connectivity index (χ3n) is 3.41. The highest BCUT2D eigenvalue weighted by Gasteiger charge is 2.24. The van der Waals surface area contributed by atoms with Crippen LogP contribution in [0.1, 0.15) is 21.6 Å². The summed E-state index contributed by atoms with van der Waals surface area (Å²) in [6.45, 7) is 1.05. The lowest BCUT2D eigenvalue weighted by molar-refractivity contribution is 0.0725. The summed E-state index contributed by atoms with van der Waals surface area (Å²) in [5, 5.41) is 0.912. The van der Waals surface area contributed by atoms with Crippen molar-refractivity contribution in [1.29, 1.82) is 0 Å². The largest absolute Gasteiger partial charge is 0.332 e. The van der Waals surface area contributed by atoms with Crippen LogP contribution in [-0.2, 0) is 13.0 Å². The van der Waals surface area contributed by atoms with E-state index in [1.54, 1.807) is 17.0 Å². The zero-order valence-electron chi connectivity index (χ0n) is 10.6. The van der Waals surface area contributed by atoms with E-state index in [9.17, 15) is 4.79 Å². The van der Waals surface area contributed by atoms with Crippen molar-refractivity contribution in [2.75, 3.05) is 6.54 Å². The molecule has 0 radical (unpaired) electrons. The number of aromatic nitrogens is 1. The molecular formula is C15H12Cl2N2O. The summed E-state index contributed by atoms with van der Waals surface area (Å²) in [4.78, 5) is 18.4. The maximum absolute atomic E-state index is 12.4. The number of benzene rings is 1. The summed E-state index contributed by atoms with van der Waals surface area (Å²) < 4.78 is 0. The molecule has 0 unspecified atom stereocenters. The number of carbonyl (C=O) groups excluding carboxylic acids is 1. The van der Waals surface area contributed by atoms with E-state index in [0.717, 1.165) is 17.5 Å². The highest BCUT2D eigenvalue weighted by molar-refractivity contribution is 6.32. The molecule has 5 heteroatoms. The molecular weight excluding hydrogens is 295 g/mol. The molecule has 0 fully saturated rings. The van der Waals surface area contributed by atoms with E-state index < -0.39 is 0 Å². The van der Waals surface area contributed by atoms with Crippen LogP contribution >= 0.6 is 23.2 Å². The predicted octanol–water partition coefficient (Wildman–Crippen LogP) is 3.59. The Labute approximate surface area is 127 Å². The molecule has 0 aliphatic carbocycles. The maximum atomic E-state index is 12.4. The van der Waals surface area contributed by atoms with Crippen LogP contribution in [0, 0.1) is 0 Å². The lowest BCUT2D eigenvalue weighted by Gasteiger charge is -2.28. The Hall–Kier alpha value is -1.58. The van der Waals surface area contributed by atoms with Gasteiger partial charge in [-0.3, -0.25) is 4.79 Å². The number of amides is 1. The highest BCUT2D eigenvalue weighted by Crippen LogP contribution is 2.23. The molecule has 0 spiro atoms. The molecule has 1 aromatic heterocycles. The molecule has 1 aromatic carbocycles. The molecule has 102 valence electrons. The average Bonchev–Trinajstić information content (AvgIpc) is 2.46. The van der Waals surface area contributed by atoms with Crippen molar-refractivity contribution in [2.24, 2.45) is 0 Å². The summed E-state index contributed by atoms with van der Waals surface area (Å²) in [5.74, 6) is 0.0182. The van der Waals surface area contributed by atoms with Crippen LogP contribution in [-0.4, -0.2) is 22.3 Å². The molecule has 2 heterocycles. The quantitative estimate of drug-likeness (QED) is 0.794. The first-order chi connectivity index (χ1) is 9.65. The van der Waals surface area contributed by atoms with Crippen LogP contribution in [0.4, 0.5) is 0 Å². The van der Waals surface area contributed by atoms with Gasteiger partial charge in [0.1, 0.15) is 5.15 Å². The molecule has 0 bridgehead atoms. The number of hydrogen-bond donors (Lipinski definition) is 0. The summed E-state index contributed by atoms with van der Waals surface area (Å²) >= 11 is 12.0. The van der Waals surface area contributed by atoms with Crippen LogP contribution in [0.2, 0.25) is 10.2 Å². The van der Waals surface area contributed by atoms with Gasteiger partial charge in [-0.2, -0.15) is 0 Å². The summed E-state index contributed by atoms with van der Waals surface area (Å²) in [5.41, 5.74) is 2.49. The number of nitrogens with zero attached hydrogens (tertiary/aromatic N) is 2. The fourth-order valence-electron chi connectivity index (χ4n) is 2.37. The minimum absolute atomic E-state index is 0.0182. The van der Waals surface area contributed by atoms with Crippen LogP contribution in [0.25, 0.3) is 0 Å². The van der Waals surface area contributed by atoms with Gasteiger partial charge >= 0.3 is 0 Å². The van der Waals surface area contributed by atoms with Gasteiger partial charge < -0.3 is 4.90 Å². The van der Waals surface area contributed by atoms with E-state index in [1.807, 2.05) is 24.3 Å². The number of halogens is 2. The van der Waals surface area contributed by atoms with Crippen molar-refractivity contribution in [2.45, 2.75) is 13.0 Å². The van der Waals surface area contributed by atoms with Gasteiger partial charge in [-0.1, -0.05) is 41.4 Å². The Morgan fingerprint density at radius 3 is 2.80 bits per heavy atom. The normalized spacial score (nSPS) is 14.3. The molecule has 2 aromatic rings. The van der Waals surface area contributed by atoms with Gasteiger partial charge in [0.25, 0.3) is 5.91 Å². The van der Waals surface area contributed by atoms with Gasteiger partial charge in [0, 0.05) is 12.1 Å². The van der Waals surface area contributed by atoms with Crippen molar-refractivity contribution < 1.29 is 4.79 Å². The van der Waals surface area contributed by atoms with Crippen molar-refractivity contribution in [1.82, 2.24) is 9.88 Å². The number of pyridine rings is 1. The SMILES string of the molecule is O=C1c2ccccc2CCN1Cc1nc(Cl)ccc1Cl. The monoisotopic (exact) mass is 306 g/mol. The Morgan fingerprint density at radius 1 is 1.15 bits per heavy atom. The van der Waals surface area contributed by atoms with E-state index in [-0.39, 0.29) is 5.91 Å². The van der Waals surface area contributed by atoms with Gasteiger partial charge in [0.05, 0.1) is 17.3 Å². The van der Waals surface area contributed by atoms with Gasteiger partial charge in [0.2, 0.25) is 0 Å². The Morgan fingerprint density at radius 2 is 1.95 bits per heavy atom. The average molecular weight is 307 g/mol. The van der Waals surface area contributed by atoms with Crippen molar-refractivity contribution >= 4 is 29.1 Å². The van der Waals surface area contributed by atoms with Crippen LogP contribution < -0.4 is 0 Å². The highest BCUT2D eigenvalue weighted by atomic mass is 35.5. The molecule has 3 nitrogen and oxygen atoms in total. The third-order valence-corrected chi connectivity index (χ3v) is 3.97. The zero-order valence-corrected chi connectivity index (χ0v) is 12.2. The first-order valence-electron chi connectivity index (χ1n) is 6.33. The van der Waals surface area contributed by atoms with E-state index in [2.05, 4.69) is 4.98 Å². The molecule has 1 amide bonds. The van der Waals surface area contributed by atoms with Gasteiger partial charge in [-0.15, -0.1) is 0 Å². The lowest BCUT2D eigenvalue weighted by atomic mass is 9.99. The predicted molar refractivity (Wildman–Crippen MR) is 79.1 cm³/mol. The van der Waals surface area contributed by atoms with Gasteiger partial charge in [-0.05, 0) is 30.2 Å². The fourth-order valence-corrected chi connectivity index (χ4v) is 2.70. The van der Waals surface area contributed by atoms with Gasteiger partial charge in [-0.25, -0.2) is 4.98 Å². The maximum Gasteiger partial charge on any atom is 0.254 e. The fraction of sp³-hybridized carbons (Fsp3) is 0.200. The van der Waals surface area contributed by atoms with Crippen LogP contribution in [0.3, 0.4) is 0 Å². The third kappa shape index (κ3) is 2.51. The van der Waals surface area contributed by atoms with E-state index >= 15 is 0 Å². The molecule has 0 atom stereocenters. The molecule has 0 saturated heterocycles. The molecule has 1 aliphatic heterocycles. The Balaban J connectivity index is 1.86. The minimum atomic E-state index is 0.0182. The number of carbonyl (C=O) groups is 1. The molecule has 0 N–H and O–H groups in total. The second-order valence-electron chi connectivity index (χ2n) is 4.70. The standard InChI is InChI=1S/C15H12Cl2N2O/c16-12-5-6-14(17)18-13(12)9-19-8-7-10-3-1-2-4-11(10)15(19)20/h1-6H,7-9H2. The lowest BCUT2D eigenvalue weighted by Crippen LogP contribution is -2.37. The number of rotatable bonds is 2. The smallest absolute Gasteiger partial charge is 0.254 e. The Kier molecular flexibility index (Phi) is 3.64. The molecule has 1 aliphatic rings. The minimum Gasteiger partial charge on any atom is -0.332 e. The van der Waals surface area contributed by atoms with Crippen molar-refractivity contribution in [3.8, 4) is 0 Å². The molecule has 20 heavy (non-hydrogen) atoms. The van der Waals surface area contributed by atoms with E-state index in [1.165, 1.54) is 0 Å². The second kappa shape index (κ2) is 5.43. The molecule has 3 rings (SSSR count). The van der Waals surface area contributed by atoms with Gasteiger partial charge in [0.15, 0.2) is 0 Å². The number of fused-ring (bicyclic) bond motifs is 1. The number of hydrogen-bond acceptors (Lipinski definition) is 2.